The SMILES string of the molecule is CN(CCOc1ccc(C[C@@H](Oc2ccc(C(F)(F)F)cc2)C(=O)O)cc1)c1nc2ccccc2o1. The lowest BCUT2D eigenvalue weighted by Gasteiger charge is -2.17. The highest BCUT2D eigenvalue weighted by Gasteiger charge is 2.30. The van der Waals surface area contributed by atoms with Gasteiger partial charge in [0.25, 0.3) is 6.01 Å². The monoisotopic (exact) mass is 500 g/mol. The summed E-state index contributed by atoms with van der Waals surface area (Å²) in [6, 6.07) is 18.7. The molecule has 0 amide bonds. The predicted octanol–water partition coefficient (Wildman–Crippen LogP) is 5.44. The summed E-state index contributed by atoms with van der Waals surface area (Å²) in [6.45, 7) is 0.889. The lowest BCUT2D eigenvalue weighted by molar-refractivity contribution is -0.145. The number of benzene rings is 3. The Balaban J connectivity index is 1.29. The van der Waals surface area contributed by atoms with Gasteiger partial charge in [-0.1, -0.05) is 24.3 Å². The van der Waals surface area contributed by atoms with E-state index >= 15 is 0 Å². The van der Waals surface area contributed by atoms with E-state index in [1.165, 1.54) is 0 Å². The van der Waals surface area contributed by atoms with E-state index in [0.29, 0.717) is 36.1 Å². The van der Waals surface area contributed by atoms with Gasteiger partial charge in [0.05, 0.1) is 12.1 Å². The molecule has 36 heavy (non-hydrogen) atoms. The number of alkyl halides is 3. The molecule has 0 radical (unpaired) electrons. The molecule has 10 heteroatoms. The molecule has 0 aliphatic carbocycles. The van der Waals surface area contributed by atoms with E-state index in [1.54, 1.807) is 24.3 Å². The van der Waals surface area contributed by atoms with Crippen LogP contribution < -0.4 is 14.4 Å². The lowest BCUT2D eigenvalue weighted by atomic mass is 10.1. The Labute approximate surface area is 204 Å². The van der Waals surface area contributed by atoms with Crippen LogP contribution in [-0.4, -0.2) is 42.4 Å². The maximum absolute atomic E-state index is 12.7. The normalized spacial score (nSPS) is 12.3. The van der Waals surface area contributed by atoms with Gasteiger partial charge in [0.2, 0.25) is 0 Å². The van der Waals surface area contributed by atoms with Gasteiger partial charge >= 0.3 is 12.1 Å². The molecule has 188 valence electrons. The highest BCUT2D eigenvalue weighted by molar-refractivity contribution is 5.74. The molecule has 0 saturated carbocycles. The fraction of sp³-hybridized carbons (Fsp3) is 0.231. The molecule has 0 saturated heterocycles. The summed E-state index contributed by atoms with van der Waals surface area (Å²) in [5.74, 6) is -0.587. The molecule has 0 fully saturated rings. The molecular formula is C26H23F3N2O5. The third kappa shape index (κ3) is 6.26. The second kappa shape index (κ2) is 10.6. The number of carboxylic acid groups (broad SMARTS) is 1. The van der Waals surface area contributed by atoms with E-state index in [-0.39, 0.29) is 12.2 Å². The number of hydrogen-bond donors (Lipinski definition) is 1. The van der Waals surface area contributed by atoms with Crippen molar-refractivity contribution >= 4 is 23.1 Å². The number of fused-ring (bicyclic) bond motifs is 1. The van der Waals surface area contributed by atoms with Crippen LogP contribution in [0.2, 0.25) is 0 Å². The summed E-state index contributed by atoms with van der Waals surface area (Å²) in [5, 5.41) is 9.50. The van der Waals surface area contributed by atoms with Gasteiger partial charge in [0, 0.05) is 13.5 Å². The minimum Gasteiger partial charge on any atom is -0.492 e. The number of nitrogens with zero attached hydrogens (tertiary/aromatic N) is 2. The van der Waals surface area contributed by atoms with Gasteiger partial charge in [-0.05, 0) is 54.1 Å². The van der Waals surface area contributed by atoms with Crippen LogP contribution in [0.4, 0.5) is 19.2 Å². The number of ether oxygens (including phenoxy) is 2. The zero-order chi connectivity index (χ0) is 25.7. The Morgan fingerprint density at radius 2 is 1.69 bits per heavy atom. The van der Waals surface area contributed by atoms with E-state index in [2.05, 4.69) is 4.98 Å². The van der Waals surface area contributed by atoms with E-state index in [4.69, 9.17) is 13.9 Å². The Morgan fingerprint density at radius 3 is 2.33 bits per heavy atom. The van der Waals surface area contributed by atoms with Crippen molar-refractivity contribution < 1.29 is 37.0 Å². The van der Waals surface area contributed by atoms with Crippen molar-refractivity contribution in [3.8, 4) is 11.5 Å². The summed E-state index contributed by atoms with van der Waals surface area (Å²) in [4.78, 5) is 17.9. The minimum atomic E-state index is -4.48. The number of hydrogen-bond acceptors (Lipinski definition) is 6. The standard InChI is InChI=1S/C26H23F3N2O5/c1-31(25-30-21-4-2-3-5-22(21)36-25)14-15-34-19-10-6-17(7-11-19)16-23(24(32)33)35-20-12-8-18(9-13-20)26(27,28)29/h2-13,23H,14-16H2,1H3,(H,32,33)/t23-/m1/s1. The molecule has 4 aromatic rings. The number of anilines is 1. The van der Waals surface area contributed by atoms with E-state index in [1.807, 2.05) is 36.2 Å². The van der Waals surface area contributed by atoms with Gasteiger partial charge < -0.3 is 23.9 Å². The van der Waals surface area contributed by atoms with Crippen LogP contribution in [-0.2, 0) is 17.4 Å². The molecule has 1 aromatic heterocycles. The fourth-order valence-corrected chi connectivity index (χ4v) is 3.42. The molecule has 0 aliphatic rings. The summed E-state index contributed by atoms with van der Waals surface area (Å²) >= 11 is 0. The van der Waals surface area contributed by atoms with E-state index < -0.39 is 23.8 Å². The minimum absolute atomic E-state index is 0.0249. The van der Waals surface area contributed by atoms with Crippen molar-refractivity contribution in [2.45, 2.75) is 18.7 Å². The zero-order valence-electron chi connectivity index (χ0n) is 19.2. The largest absolute Gasteiger partial charge is 0.492 e. The van der Waals surface area contributed by atoms with E-state index in [0.717, 1.165) is 29.8 Å². The number of halogens is 3. The molecule has 0 spiro atoms. The number of carbonyl (C=O) groups is 1. The molecule has 1 atom stereocenters. The third-order valence-corrected chi connectivity index (χ3v) is 5.38. The Kier molecular flexibility index (Phi) is 7.33. The fourth-order valence-electron chi connectivity index (χ4n) is 3.42. The van der Waals surface area contributed by atoms with Crippen molar-refractivity contribution in [1.82, 2.24) is 4.98 Å². The molecular weight excluding hydrogens is 477 g/mol. The first-order valence-corrected chi connectivity index (χ1v) is 11.0. The Hall–Kier alpha value is -4.21. The van der Waals surface area contributed by atoms with Crippen molar-refractivity contribution in [3.63, 3.8) is 0 Å². The number of aromatic nitrogens is 1. The predicted molar refractivity (Wildman–Crippen MR) is 126 cm³/mol. The molecule has 0 bridgehead atoms. The maximum atomic E-state index is 12.7. The number of para-hydroxylation sites is 2. The average Bonchev–Trinajstić information content (AvgIpc) is 3.29. The van der Waals surface area contributed by atoms with Gasteiger partial charge in [-0.25, -0.2) is 4.79 Å². The maximum Gasteiger partial charge on any atom is 0.416 e. The molecule has 1 N–H and O–H groups in total. The van der Waals surface area contributed by atoms with Crippen LogP contribution in [0, 0.1) is 0 Å². The molecule has 7 nitrogen and oxygen atoms in total. The van der Waals surface area contributed by atoms with Crippen LogP contribution in [0.1, 0.15) is 11.1 Å². The first kappa shape index (κ1) is 24.9. The van der Waals surface area contributed by atoms with Gasteiger partial charge in [-0.3, -0.25) is 0 Å². The smallest absolute Gasteiger partial charge is 0.416 e. The quantitative estimate of drug-likeness (QED) is 0.311. The summed E-state index contributed by atoms with van der Waals surface area (Å²) < 4.78 is 55.0. The number of likely N-dealkylation sites (N-methyl/N-ethyl adjacent to an activating group) is 1. The number of aliphatic carboxylic acids is 1. The number of carboxylic acids is 1. The zero-order valence-corrected chi connectivity index (χ0v) is 19.2. The first-order valence-electron chi connectivity index (χ1n) is 11.0. The Morgan fingerprint density at radius 1 is 1.03 bits per heavy atom. The van der Waals surface area contributed by atoms with Crippen molar-refractivity contribution in [2.75, 3.05) is 25.1 Å². The van der Waals surface area contributed by atoms with E-state index in [9.17, 15) is 23.1 Å². The van der Waals surface area contributed by atoms with Crippen LogP contribution >= 0.6 is 0 Å². The van der Waals surface area contributed by atoms with Crippen LogP contribution in [0.5, 0.6) is 11.5 Å². The van der Waals surface area contributed by atoms with Crippen molar-refractivity contribution in [3.05, 3.63) is 83.9 Å². The molecule has 1 heterocycles. The summed E-state index contributed by atoms with van der Waals surface area (Å²) in [7, 11) is 1.85. The first-order chi connectivity index (χ1) is 17.2. The molecule has 0 aliphatic heterocycles. The van der Waals surface area contributed by atoms with Crippen LogP contribution in [0.15, 0.2) is 77.2 Å². The molecule has 3 aromatic carbocycles. The summed E-state index contributed by atoms with van der Waals surface area (Å²) in [5.41, 5.74) is 1.32. The topological polar surface area (TPSA) is 85.0 Å². The van der Waals surface area contributed by atoms with Crippen LogP contribution in [0.25, 0.3) is 11.1 Å². The van der Waals surface area contributed by atoms with Gasteiger partial charge in [-0.2, -0.15) is 18.2 Å². The van der Waals surface area contributed by atoms with Gasteiger partial charge in [0.1, 0.15) is 23.6 Å². The van der Waals surface area contributed by atoms with Gasteiger partial charge in [-0.15, -0.1) is 0 Å². The number of oxazole rings is 1. The number of rotatable bonds is 10. The second-order valence-electron chi connectivity index (χ2n) is 8.05. The van der Waals surface area contributed by atoms with Crippen molar-refractivity contribution in [2.24, 2.45) is 0 Å². The summed E-state index contributed by atoms with van der Waals surface area (Å²) in [6.07, 6.45) is -5.72. The molecule has 4 rings (SSSR count). The van der Waals surface area contributed by atoms with Gasteiger partial charge in [0.15, 0.2) is 11.7 Å². The third-order valence-electron chi connectivity index (χ3n) is 5.38. The van der Waals surface area contributed by atoms with Crippen LogP contribution in [0.3, 0.4) is 0 Å². The molecule has 0 unspecified atom stereocenters. The highest BCUT2D eigenvalue weighted by atomic mass is 19.4. The lowest BCUT2D eigenvalue weighted by Crippen LogP contribution is -2.29. The average molecular weight is 500 g/mol. The Bertz CT molecular complexity index is 1270. The second-order valence-corrected chi connectivity index (χ2v) is 8.05. The highest BCUT2D eigenvalue weighted by Crippen LogP contribution is 2.30. The van der Waals surface area contributed by atoms with Crippen molar-refractivity contribution in [1.29, 1.82) is 0 Å².